The zero-order valence-electron chi connectivity index (χ0n) is 11.4. The summed E-state index contributed by atoms with van der Waals surface area (Å²) >= 11 is 1.39. The Morgan fingerprint density at radius 2 is 1.83 bits per heavy atom. The zero-order valence-corrected chi connectivity index (χ0v) is 12.2. The highest BCUT2D eigenvalue weighted by Crippen LogP contribution is 2.40. The van der Waals surface area contributed by atoms with Crippen molar-refractivity contribution in [3.05, 3.63) is 33.7 Å². The number of carboxylic acids is 1. The first kappa shape index (κ1) is 13.1. The van der Waals surface area contributed by atoms with Crippen molar-refractivity contribution in [2.75, 3.05) is 0 Å². The van der Waals surface area contributed by atoms with Crippen molar-refractivity contribution in [2.24, 2.45) is 0 Å². The second-order valence-electron chi connectivity index (χ2n) is 5.82. The number of benzene rings is 1. The highest BCUT2D eigenvalue weighted by molar-refractivity contribution is 7.21. The Hall–Kier alpha value is -1.35. The van der Waals surface area contributed by atoms with Gasteiger partial charge in [-0.05, 0) is 35.8 Å². The van der Waals surface area contributed by atoms with Crippen molar-refractivity contribution < 1.29 is 9.90 Å². The molecule has 1 aromatic heterocycles. The van der Waals surface area contributed by atoms with Crippen LogP contribution in [0.25, 0.3) is 10.1 Å². The van der Waals surface area contributed by atoms with Crippen LogP contribution in [0.1, 0.15) is 47.1 Å². The van der Waals surface area contributed by atoms with E-state index in [1.54, 1.807) is 0 Å². The Labute approximate surface area is 111 Å². The number of aromatic carboxylic acids is 1. The predicted octanol–water partition coefficient (Wildman–Crippen LogP) is 4.51. The molecule has 0 spiro atoms. The largest absolute Gasteiger partial charge is 0.477 e. The van der Waals surface area contributed by atoms with Crippen molar-refractivity contribution in [1.82, 2.24) is 0 Å². The summed E-state index contributed by atoms with van der Waals surface area (Å²) in [7, 11) is 0. The van der Waals surface area contributed by atoms with E-state index in [4.69, 9.17) is 0 Å². The molecule has 2 rings (SSSR count). The number of hydrogen-bond donors (Lipinski definition) is 1. The van der Waals surface area contributed by atoms with Crippen LogP contribution in [-0.2, 0) is 5.41 Å². The van der Waals surface area contributed by atoms with E-state index >= 15 is 0 Å². The Morgan fingerprint density at radius 1 is 1.22 bits per heavy atom. The van der Waals surface area contributed by atoms with Gasteiger partial charge < -0.3 is 5.11 Å². The van der Waals surface area contributed by atoms with Gasteiger partial charge in [-0.15, -0.1) is 11.3 Å². The van der Waals surface area contributed by atoms with Gasteiger partial charge in [-0.3, -0.25) is 0 Å². The first-order valence-electron chi connectivity index (χ1n) is 5.99. The van der Waals surface area contributed by atoms with Gasteiger partial charge in [0.1, 0.15) is 4.88 Å². The summed E-state index contributed by atoms with van der Waals surface area (Å²) in [5, 5.41) is 10.5. The second kappa shape index (κ2) is 4.09. The van der Waals surface area contributed by atoms with Gasteiger partial charge in [0.25, 0.3) is 0 Å². The Bertz CT molecular complexity index is 630. The maximum atomic E-state index is 11.4. The molecule has 0 saturated carbocycles. The summed E-state index contributed by atoms with van der Waals surface area (Å²) in [5.74, 6) is -0.821. The molecule has 3 heteroatoms. The molecule has 0 bridgehead atoms. The van der Waals surface area contributed by atoms with Gasteiger partial charge in [0.2, 0.25) is 0 Å². The topological polar surface area (TPSA) is 37.3 Å². The molecule has 96 valence electrons. The van der Waals surface area contributed by atoms with E-state index in [9.17, 15) is 9.90 Å². The minimum absolute atomic E-state index is 0.161. The van der Waals surface area contributed by atoms with Gasteiger partial charge in [0.15, 0.2) is 0 Å². The van der Waals surface area contributed by atoms with Crippen LogP contribution >= 0.6 is 11.3 Å². The maximum absolute atomic E-state index is 11.4. The number of carboxylic acid groups (broad SMARTS) is 1. The molecule has 0 fully saturated rings. The first-order valence-corrected chi connectivity index (χ1v) is 6.81. The molecule has 0 aliphatic carbocycles. The lowest BCUT2D eigenvalue weighted by atomic mass is 9.84. The van der Waals surface area contributed by atoms with E-state index in [1.807, 2.05) is 6.92 Å². The minimum Gasteiger partial charge on any atom is -0.477 e. The van der Waals surface area contributed by atoms with Crippen molar-refractivity contribution in [3.63, 3.8) is 0 Å². The fraction of sp³-hybridized carbons (Fsp3) is 0.400. The molecule has 1 heterocycles. The molecule has 18 heavy (non-hydrogen) atoms. The normalized spacial score (nSPS) is 12.1. The van der Waals surface area contributed by atoms with E-state index < -0.39 is 5.97 Å². The van der Waals surface area contributed by atoms with Crippen LogP contribution in [0.15, 0.2) is 12.1 Å². The average molecular weight is 262 g/mol. The number of aryl methyl sites for hydroxylation is 2. The maximum Gasteiger partial charge on any atom is 0.346 e. The molecular weight excluding hydrogens is 244 g/mol. The molecule has 0 saturated heterocycles. The molecule has 0 unspecified atom stereocenters. The van der Waals surface area contributed by atoms with Crippen molar-refractivity contribution >= 4 is 27.4 Å². The molecule has 0 amide bonds. The lowest BCUT2D eigenvalue weighted by Crippen LogP contribution is -2.14. The van der Waals surface area contributed by atoms with Gasteiger partial charge >= 0.3 is 5.97 Å². The van der Waals surface area contributed by atoms with Crippen molar-refractivity contribution in [3.8, 4) is 0 Å². The Balaban J connectivity index is 2.95. The molecule has 0 atom stereocenters. The Morgan fingerprint density at radius 3 is 2.33 bits per heavy atom. The lowest BCUT2D eigenvalue weighted by Gasteiger charge is -2.19. The van der Waals surface area contributed by atoms with Crippen molar-refractivity contribution in [1.29, 1.82) is 0 Å². The summed E-state index contributed by atoms with van der Waals surface area (Å²) in [6, 6.07) is 4.21. The van der Waals surface area contributed by atoms with Crippen LogP contribution in [0.4, 0.5) is 0 Å². The monoisotopic (exact) mass is 262 g/mol. The Kier molecular flexibility index (Phi) is 2.98. The van der Waals surface area contributed by atoms with Crippen molar-refractivity contribution in [2.45, 2.75) is 40.0 Å². The minimum atomic E-state index is -0.821. The summed E-state index contributed by atoms with van der Waals surface area (Å²) in [5.41, 5.74) is 3.14. The van der Waals surface area contributed by atoms with Gasteiger partial charge in [-0.1, -0.05) is 38.5 Å². The molecule has 0 aliphatic heterocycles. The van der Waals surface area contributed by atoms with Crippen LogP contribution in [0.2, 0.25) is 0 Å². The first-order chi connectivity index (χ1) is 8.21. The smallest absolute Gasteiger partial charge is 0.346 e. The van der Waals surface area contributed by atoms with Gasteiger partial charge in [-0.2, -0.15) is 0 Å². The molecule has 0 radical (unpaired) electrons. The second-order valence-corrected chi connectivity index (χ2v) is 6.84. The van der Waals surface area contributed by atoms with Crippen LogP contribution in [0.3, 0.4) is 0 Å². The number of thiophene rings is 1. The summed E-state index contributed by atoms with van der Waals surface area (Å²) in [6.07, 6.45) is 0. The summed E-state index contributed by atoms with van der Waals surface area (Å²) < 4.78 is 1.10. The lowest BCUT2D eigenvalue weighted by molar-refractivity contribution is 0.0700. The quantitative estimate of drug-likeness (QED) is 0.820. The summed E-state index contributed by atoms with van der Waals surface area (Å²) in [6.45, 7) is 10.3. The third-order valence-corrected chi connectivity index (χ3v) is 4.39. The molecule has 1 N–H and O–H groups in total. The van der Waals surface area contributed by atoms with Crippen LogP contribution in [0, 0.1) is 13.8 Å². The fourth-order valence-electron chi connectivity index (χ4n) is 2.45. The van der Waals surface area contributed by atoms with Gasteiger partial charge in [0.05, 0.1) is 0 Å². The molecule has 0 aliphatic rings. The van der Waals surface area contributed by atoms with E-state index in [2.05, 4.69) is 39.8 Å². The molecular formula is C15H18O2S. The molecule has 2 aromatic rings. The SMILES string of the molecule is Cc1cc(C)c2sc(C(=O)O)c(C(C)(C)C)c2c1. The van der Waals surface area contributed by atoms with E-state index in [0.29, 0.717) is 4.88 Å². The highest BCUT2D eigenvalue weighted by Gasteiger charge is 2.27. The third-order valence-electron chi connectivity index (χ3n) is 3.06. The molecule has 2 nitrogen and oxygen atoms in total. The van der Waals surface area contributed by atoms with Crippen LogP contribution in [-0.4, -0.2) is 11.1 Å². The summed E-state index contributed by atoms with van der Waals surface area (Å²) in [4.78, 5) is 11.9. The molecule has 1 aromatic carbocycles. The third kappa shape index (κ3) is 2.03. The number of fused-ring (bicyclic) bond motifs is 1. The predicted molar refractivity (Wildman–Crippen MR) is 77.0 cm³/mol. The van der Waals surface area contributed by atoms with E-state index in [1.165, 1.54) is 16.9 Å². The number of carbonyl (C=O) groups is 1. The number of rotatable bonds is 1. The highest BCUT2D eigenvalue weighted by atomic mass is 32.1. The van der Waals surface area contributed by atoms with Crippen LogP contribution < -0.4 is 0 Å². The van der Waals surface area contributed by atoms with E-state index in [0.717, 1.165) is 21.2 Å². The zero-order chi connectivity index (χ0) is 13.7. The standard InChI is InChI=1S/C15H18O2S/c1-8-6-9(2)12-10(7-8)11(15(3,4)5)13(18-12)14(16)17/h6-7H,1-5H3,(H,16,17). The number of hydrogen-bond acceptors (Lipinski definition) is 2. The van der Waals surface area contributed by atoms with Gasteiger partial charge in [-0.25, -0.2) is 4.79 Å². The van der Waals surface area contributed by atoms with Crippen LogP contribution in [0.5, 0.6) is 0 Å². The van der Waals surface area contributed by atoms with E-state index in [-0.39, 0.29) is 5.41 Å². The van der Waals surface area contributed by atoms with Gasteiger partial charge in [0, 0.05) is 4.70 Å². The fourth-order valence-corrected chi connectivity index (χ4v) is 3.75. The average Bonchev–Trinajstić information content (AvgIpc) is 2.56.